The van der Waals surface area contributed by atoms with Gasteiger partial charge in [0.2, 0.25) is 5.43 Å². The predicted molar refractivity (Wildman–Crippen MR) is 209 cm³/mol. The Kier molecular flexibility index (Phi) is 13.5. The van der Waals surface area contributed by atoms with Crippen molar-refractivity contribution >= 4 is 22.6 Å². The quantitative estimate of drug-likeness (QED) is 0.0930. The van der Waals surface area contributed by atoms with E-state index in [1.807, 2.05) is 11.8 Å². The van der Waals surface area contributed by atoms with Crippen molar-refractivity contribution in [1.82, 2.24) is 9.88 Å². The molecular formula is C38H59FN8O12. The van der Waals surface area contributed by atoms with Gasteiger partial charge in [0, 0.05) is 63.0 Å². The summed E-state index contributed by atoms with van der Waals surface area (Å²) in [7, 11) is 1.43. The van der Waals surface area contributed by atoms with Crippen molar-refractivity contribution in [3.63, 3.8) is 0 Å². The van der Waals surface area contributed by atoms with E-state index in [9.17, 15) is 30.0 Å². The van der Waals surface area contributed by atoms with Gasteiger partial charge in [0.05, 0.1) is 61.1 Å². The standard InChI is InChI=1S/C38H59FN8O12/c1-15-13-46(7-6-45-15)28-19(39)9-17-27(35(28)54-2)47(16-3-4-16)14-18(29(17)49)36(53)55-8-5-24-30(50)26(44)31(51)38(56-24)59-34-21(42)10-20(41)33(32(34)52)58-37-22(43)11-23(48)25(12-40)57-37/h9,14-16,20-26,30-34,37-38,45,48,50-52H,3-8,10-13,40-44H2,1-2H3/t15?,20-,21+,22+,23-,24+,25+,26-,30+,31+,32+,33+,34-,37+,38-/m0/s1. The average molecular weight is 839 g/mol. The van der Waals surface area contributed by atoms with Crippen LogP contribution in [0.1, 0.15) is 55.4 Å². The number of carbonyl (C=O) groups excluding carboxylic acids is 1. The molecule has 0 bridgehead atoms. The van der Waals surface area contributed by atoms with E-state index in [4.69, 9.17) is 57.1 Å². The number of benzene rings is 1. The molecule has 21 heteroatoms. The van der Waals surface area contributed by atoms with Crippen LogP contribution in [0.15, 0.2) is 17.1 Å². The molecule has 2 aliphatic carbocycles. The maximum Gasteiger partial charge on any atom is 0.343 e. The molecular weight excluding hydrogens is 779 g/mol. The Labute approximate surface area is 339 Å². The van der Waals surface area contributed by atoms with E-state index in [0.29, 0.717) is 25.2 Å². The number of halogens is 1. The Morgan fingerprint density at radius 3 is 2.29 bits per heavy atom. The number of aliphatic hydroxyl groups is 4. The molecule has 3 aliphatic heterocycles. The molecule has 330 valence electrons. The van der Waals surface area contributed by atoms with Gasteiger partial charge in [-0.3, -0.25) is 4.79 Å². The molecule has 0 amide bonds. The molecule has 5 fully saturated rings. The lowest BCUT2D eigenvalue weighted by Crippen LogP contribution is -2.68. The summed E-state index contributed by atoms with van der Waals surface area (Å²) in [6.45, 7) is 3.36. The molecule has 7 rings (SSSR count). The molecule has 1 aromatic carbocycles. The third kappa shape index (κ3) is 8.82. The van der Waals surface area contributed by atoms with Gasteiger partial charge < -0.3 is 92.3 Å². The molecule has 15 N–H and O–H groups in total. The van der Waals surface area contributed by atoms with Crippen molar-refractivity contribution in [1.29, 1.82) is 0 Å². The number of nitrogens with two attached hydrogens (primary N) is 5. The van der Waals surface area contributed by atoms with Crippen LogP contribution in [0.25, 0.3) is 10.9 Å². The number of rotatable bonds is 12. The number of esters is 1. The number of nitrogens with zero attached hydrogens (tertiary/aromatic N) is 2. The molecule has 0 spiro atoms. The zero-order valence-corrected chi connectivity index (χ0v) is 33.2. The number of ether oxygens (including phenoxy) is 6. The maximum absolute atomic E-state index is 15.9. The first-order valence-electron chi connectivity index (χ1n) is 20.3. The fourth-order valence-corrected chi connectivity index (χ4v) is 8.71. The van der Waals surface area contributed by atoms with E-state index in [0.717, 1.165) is 18.9 Å². The minimum absolute atomic E-state index is 0.00515. The summed E-state index contributed by atoms with van der Waals surface area (Å²) in [6, 6.07) is -2.48. The molecule has 1 unspecified atom stereocenters. The third-order valence-electron chi connectivity index (χ3n) is 12.1. The first-order chi connectivity index (χ1) is 28.1. The monoisotopic (exact) mass is 838 g/mol. The van der Waals surface area contributed by atoms with E-state index >= 15 is 4.39 Å². The number of anilines is 1. The summed E-state index contributed by atoms with van der Waals surface area (Å²) >= 11 is 0. The molecule has 3 saturated heterocycles. The van der Waals surface area contributed by atoms with Crippen LogP contribution in [0, 0.1) is 5.82 Å². The second-order valence-electron chi connectivity index (χ2n) is 16.5. The summed E-state index contributed by atoms with van der Waals surface area (Å²) in [5.74, 6) is -1.41. The molecule has 1 aromatic heterocycles. The van der Waals surface area contributed by atoms with Crippen LogP contribution in [0.3, 0.4) is 0 Å². The van der Waals surface area contributed by atoms with Gasteiger partial charge >= 0.3 is 5.97 Å². The lowest BCUT2D eigenvalue weighted by atomic mass is 9.84. The lowest BCUT2D eigenvalue weighted by molar-refractivity contribution is -0.313. The van der Waals surface area contributed by atoms with Crippen molar-refractivity contribution < 1.29 is 58.0 Å². The average Bonchev–Trinajstić information content (AvgIpc) is 4.05. The second-order valence-corrected chi connectivity index (χ2v) is 16.5. The highest BCUT2D eigenvalue weighted by molar-refractivity contribution is 5.97. The smallest absolute Gasteiger partial charge is 0.343 e. The second kappa shape index (κ2) is 18.1. The molecule has 2 saturated carbocycles. The van der Waals surface area contributed by atoms with Gasteiger partial charge in [-0.15, -0.1) is 0 Å². The topological polar surface area (TPSA) is 321 Å². The predicted octanol–water partition coefficient (Wildman–Crippen LogP) is -3.45. The van der Waals surface area contributed by atoms with Gasteiger partial charge in [-0.25, -0.2) is 9.18 Å². The number of pyridine rings is 1. The van der Waals surface area contributed by atoms with Crippen molar-refractivity contribution in [2.75, 3.05) is 44.8 Å². The van der Waals surface area contributed by atoms with Gasteiger partial charge in [-0.2, -0.15) is 0 Å². The highest BCUT2D eigenvalue weighted by Crippen LogP contribution is 2.44. The van der Waals surface area contributed by atoms with Crippen LogP contribution >= 0.6 is 0 Å². The van der Waals surface area contributed by atoms with E-state index in [1.54, 1.807) is 4.57 Å². The number of carbonyl (C=O) groups is 1. The Hall–Kier alpha value is -3.13. The van der Waals surface area contributed by atoms with E-state index in [1.165, 1.54) is 13.3 Å². The number of piperazine rings is 1. The number of aromatic nitrogens is 1. The third-order valence-corrected chi connectivity index (χ3v) is 12.1. The van der Waals surface area contributed by atoms with Crippen LogP contribution in [-0.4, -0.2) is 162 Å². The minimum atomic E-state index is -1.58. The van der Waals surface area contributed by atoms with Crippen molar-refractivity contribution in [3.05, 3.63) is 33.9 Å². The fourth-order valence-electron chi connectivity index (χ4n) is 8.71. The summed E-state index contributed by atoms with van der Waals surface area (Å²) < 4.78 is 52.8. The molecule has 0 radical (unpaired) electrons. The number of fused-ring (bicyclic) bond motifs is 1. The zero-order valence-electron chi connectivity index (χ0n) is 33.2. The molecule has 59 heavy (non-hydrogen) atoms. The summed E-state index contributed by atoms with van der Waals surface area (Å²) in [4.78, 5) is 29.3. The molecule has 2 aromatic rings. The largest absolute Gasteiger partial charge is 0.492 e. The van der Waals surface area contributed by atoms with Crippen LogP contribution < -0.4 is 49.1 Å². The Morgan fingerprint density at radius 1 is 0.966 bits per heavy atom. The van der Waals surface area contributed by atoms with Gasteiger partial charge in [0.15, 0.2) is 24.1 Å². The first kappa shape index (κ1) is 43.9. The van der Waals surface area contributed by atoms with Crippen LogP contribution in [-0.2, 0) is 23.7 Å². The Morgan fingerprint density at radius 2 is 1.64 bits per heavy atom. The number of hydrogen-bond donors (Lipinski definition) is 10. The summed E-state index contributed by atoms with van der Waals surface area (Å²) in [5, 5.41) is 46.9. The maximum atomic E-state index is 15.9. The van der Waals surface area contributed by atoms with E-state index in [2.05, 4.69) is 5.32 Å². The van der Waals surface area contributed by atoms with E-state index < -0.39 is 103 Å². The highest BCUT2D eigenvalue weighted by atomic mass is 19.1. The van der Waals surface area contributed by atoms with Gasteiger partial charge in [0.1, 0.15) is 35.7 Å². The number of nitrogens with one attached hydrogen (secondary N) is 1. The summed E-state index contributed by atoms with van der Waals surface area (Å²) in [6.07, 6.45) is -9.07. The molecule has 4 heterocycles. The normalized spacial score (nSPS) is 38.0. The molecule has 5 aliphatic rings. The summed E-state index contributed by atoms with van der Waals surface area (Å²) in [5.41, 5.74) is 30.4. The van der Waals surface area contributed by atoms with Crippen molar-refractivity contribution in [2.45, 2.75) is 137 Å². The van der Waals surface area contributed by atoms with Crippen molar-refractivity contribution in [2.24, 2.45) is 28.7 Å². The minimum Gasteiger partial charge on any atom is -0.492 e. The number of aliphatic hydroxyl groups excluding tert-OH is 4. The van der Waals surface area contributed by atoms with Crippen LogP contribution in [0.2, 0.25) is 0 Å². The van der Waals surface area contributed by atoms with Crippen molar-refractivity contribution in [3.8, 4) is 5.75 Å². The Balaban J connectivity index is 1.03. The van der Waals surface area contributed by atoms with Gasteiger partial charge in [-0.05, 0) is 38.7 Å². The Bertz CT molecular complexity index is 1880. The van der Waals surface area contributed by atoms with Crippen LogP contribution in [0.4, 0.5) is 10.1 Å². The number of hydrogen-bond acceptors (Lipinski definition) is 19. The number of methoxy groups -OCH3 is 1. The highest BCUT2D eigenvalue weighted by Gasteiger charge is 2.50. The molecule has 20 nitrogen and oxygen atoms in total. The lowest BCUT2D eigenvalue weighted by Gasteiger charge is -2.48. The van der Waals surface area contributed by atoms with E-state index in [-0.39, 0.29) is 66.9 Å². The SMILES string of the molecule is COc1c(N2CCNC(C)C2)c(F)cc2c(=O)c(C(=O)OCC[C@H]3O[C@@H](O[C@@H]4[C@H](O)[C@H](O[C@H]5O[C@H](CN)[C@@H](O)C[C@H]5N)[C@@H](N)C[C@H]4N)[C@H](O)[C@@H](N)[C@@H]3O)cn(C3CC3)c12. The first-order valence-corrected chi connectivity index (χ1v) is 20.3. The van der Waals surface area contributed by atoms with Gasteiger partial charge in [0.25, 0.3) is 0 Å². The fraction of sp³-hybridized carbons (Fsp3) is 0.737. The van der Waals surface area contributed by atoms with Crippen LogP contribution in [0.5, 0.6) is 5.75 Å². The van der Waals surface area contributed by atoms with Gasteiger partial charge in [-0.1, -0.05) is 0 Å². The zero-order chi connectivity index (χ0) is 42.4. The molecule has 15 atom stereocenters.